The van der Waals surface area contributed by atoms with Crippen molar-refractivity contribution >= 4 is 16.7 Å². The van der Waals surface area contributed by atoms with Crippen LogP contribution in [0.1, 0.15) is 26.7 Å². The van der Waals surface area contributed by atoms with Gasteiger partial charge in [0.05, 0.1) is 0 Å². The second-order valence-electron chi connectivity index (χ2n) is 2.68. The number of nitrogens with one attached hydrogen (secondary N) is 1. The number of hydrogen-bond acceptors (Lipinski definition) is 2. The van der Waals surface area contributed by atoms with Gasteiger partial charge in [-0.3, -0.25) is 9.00 Å². The van der Waals surface area contributed by atoms with Crippen LogP contribution in [0.2, 0.25) is 0 Å². The molecule has 1 amide bonds. The van der Waals surface area contributed by atoms with Crippen molar-refractivity contribution in [1.82, 2.24) is 5.32 Å². The molecule has 76 valence electrons. The van der Waals surface area contributed by atoms with Crippen molar-refractivity contribution in [1.29, 1.82) is 0 Å². The second-order valence-corrected chi connectivity index (χ2v) is 4.12. The van der Waals surface area contributed by atoms with Crippen molar-refractivity contribution in [3.05, 3.63) is 11.5 Å². The van der Waals surface area contributed by atoms with Crippen molar-refractivity contribution in [3.63, 3.8) is 0 Å². The molecular weight excluding hydrogens is 186 g/mol. The van der Waals surface area contributed by atoms with Crippen LogP contribution in [-0.4, -0.2) is 22.4 Å². The first-order valence-corrected chi connectivity index (χ1v) is 5.92. The Morgan fingerprint density at radius 2 is 2.08 bits per heavy atom. The number of carbonyl (C=O) groups is 1. The van der Waals surface area contributed by atoms with Gasteiger partial charge in [-0.2, -0.15) is 0 Å². The summed E-state index contributed by atoms with van der Waals surface area (Å²) in [6.45, 7) is 4.62. The molecule has 0 aliphatic heterocycles. The van der Waals surface area contributed by atoms with E-state index in [1.807, 2.05) is 13.8 Å². The second kappa shape index (κ2) is 7.98. The van der Waals surface area contributed by atoms with Crippen LogP contribution in [0.5, 0.6) is 0 Å². The smallest absolute Gasteiger partial charge is 0.244 e. The largest absolute Gasteiger partial charge is 0.353 e. The molecule has 3 nitrogen and oxygen atoms in total. The zero-order chi connectivity index (χ0) is 10.1. The molecule has 0 unspecified atom stereocenters. The van der Waals surface area contributed by atoms with E-state index in [4.69, 9.17) is 0 Å². The summed E-state index contributed by atoms with van der Waals surface area (Å²) in [4.78, 5) is 11.0. The van der Waals surface area contributed by atoms with E-state index >= 15 is 0 Å². The van der Waals surface area contributed by atoms with Crippen LogP contribution in [-0.2, 0) is 15.6 Å². The average Bonchev–Trinajstić information content (AvgIpc) is 2.12. The molecule has 0 rings (SSSR count). The highest BCUT2D eigenvalue weighted by Crippen LogP contribution is 1.88. The standard InChI is InChI=1S/C9H17NO2S/c1-3-6-10-9(11)5-8-13(12)7-4-2/h5,8H,3-4,6-7H2,1-2H3,(H,10,11)/b8-5+/t13-/m1/s1. The third kappa shape index (κ3) is 7.71. The van der Waals surface area contributed by atoms with Gasteiger partial charge in [0.15, 0.2) is 0 Å². The maximum atomic E-state index is 11.1. The first-order valence-electron chi connectivity index (χ1n) is 4.53. The van der Waals surface area contributed by atoms with Gasteiger partial charge in [-0.1, -0.05) is 13.8 Å². The fraction of sp³-hybridized carbons (Fsp3) is 0.667. The van der Waals surface area contributed by atoms with Gasteiger partial charge in [0.25, 0.3) is 0 Å². The first kappa shape index (κ1) is 12.4. The number of rotatable bonds is 6. The summed E-state index contributed by atoms with van der Waals surface area (Å²) in [7, 11) is -0.988. The molecule has 0 fully saturated rings. The Morgan fingerprint density at radius 1 is 1.38 bits per heavy atom. The molecule has 0 heterocycles. The zero-order valence-electron chi connectivity index (χ0n) is 8.21. The Hall–Kier alpha value is -0.640. The lowest BCUT2D eigenvalue weighted by atomic mass is 10.4. The molecule has 0 spiro atoms. The van der Waals surface area contributed by atoms with Crippen molar-refractivity contribution in [2.24, 2.45) is 0 Å². The van der Waals surface area contributed by atoms with Gasteiger partial charge in [-0.15, -0.1) is 0 Å². The highest BCUT2D eigenvalue weighted by atomic mass is 32.2. The Kier molecular flexibility index (Phi) is 7.59. The lowest BCUT2D eigenvalue weighted by Crippen LogP contribution is -2.21. The predicted octanol–water partition coefficient (Wildman–Crippen LogP) is 1.18. The first-order chi connectivity index (χ1) is 6.20. The summed E-state index contributed by atoms with van der Waals surface area (Å²) in [5.41, 5.74) is 0. The SMILES string of the molecule is CCCNC(=O)/C=C/[S@](=O)CCC. The van der Waals surface area contributed by atoms with Crippen LogP contribution >= 0.6 is 0 Å². The fourth-order valence-corrected chi connectivity index (χ4v) is 1.53. The van der Waals surface area contributed by atoms with Crippen LogP contribution in [0.25, 0.3) is 0 Å². The maximum Gasteiger partial charge on any atom is 0.244 e. The molecule has 0 bridgehead atoms. The van der Waals surface area contributed by atoms with Crippen LogP contribution < -0.4 is 5.32 Å². The normalized spacial score (nSPS) is 13.1. The summed E-state index contributed by atoms with van der Waals surface area (Å²) >= 11 is 0. The topological polar surface area (TPSA) is 46.2 Å². The molecule has 0 saturated heterocycles. The average molecular weight is 203 g/mol. The van der Waals surface area contributed by atoms with Crippen LogP contribution in [0, 0.1) is 0 Å². The summed E-state index contributed by atoms with van der Waals surface area (Å²) in [5, 5.41) is 4.12. The van der Waals surface area contributed by atoms with E-state index in [-0.39, 0.29) is 5.91 Å². The van der Waals surface area contributed by atoms with Crippen molar-refractivity contribution in [2.75, 3.05) is 12.3 Å². The van der Waals surface area contributed by atoms with Gasteiger partial charge in [0.2, 0.25) is 5.91 Å². The Morgan fingerprint density at radius 3 is 2.62 bits per heavy atom. The lowest BCUT2D eigenvalue weighted by Gasteiger charge is -1.96. The minimum Gasteiger partial charge on any atom is -0.353 e. The highest BCUT2D eigenvalue weighted by molar-refractivity contribution is 7.87. The highest BCUT2D eigenvalue weighted by Gasteiger charge is 1.94. The predicted molar refractivity (Wildman–Crippen MR) is 55.7 cm³/mol. The summed E-state index contributed by atoms with van der Waals surface area (Å²) in [5.74, 6) is 0.462. The van der Waals surface area contributed by atoms with E-state index in [0.29, 0.717) is 12.3 Å². The number of carbonyl (C=O) groups excluding carboxylic acids is 1. The van der Waals surface area contributed by atoms with Crippen LogP contribution in [0.4, 0.5) is 0 Å². The molecule has 4 heteroatoms. The number of hydrogen-bond donors (Lipinski definition) is 1. The summed E-state index contributed by atoms with van der Waals surface area (Å²) in [6, 6.07) is 0. The van der Waals surface area contributed by atoms with E-state index in [0.717, 1.165) is 12.8 Å². The molecule has 1 atom stereocenters. The molecular formula is C9H17NO2S. The van der Waals surface area contributed by atoms with Gasteiger partial charge in [-0.05, 0) is 12.8 Å². The molecule has 0 aliphatic carbocycles. The molecule has 0 saturated carbocycles. The Balaban J connectivity index is 3.69. The molecule has 0 aliphatic rings. The van der Waals surface area contributed by atoms with Crippen molar-refractivity contribution in [3.8, 4) is 0 Å². The molecule has 0 radical (unpaired) electrons. The molecule has 0 aromatic rings. The Labute approximate surface area is 82.1 Å². The van der Waals surface area contributed by atoms with Crippen molar-refractivity contribution < 1.29 is 9.00 Å². The van der Waals surface area contributed by atoms with Crippen LogP contribution in [0.15, 0.2) is 11.5 Å². The van der Waals surface area contributed by atoms with E-state index in [1.54, 1.807) is 0 Å². The minimum atomic E-state index is -0.988. The quantitative estimate of drug-likeness (QED) is 0.659. The third-order valence-corrected chi connectivity index (χ3v) is 2.58. The Bertz CT molecular complexity index is 202. The van der Waals surface area contributed by atoms with E-state index in [9.17, 15) is 9.00 Å². The number of amides is 1. The van der Waals surface area contributed by atoms with Crippen molar-refractivity contribution in [2.45, 2.75) is 26.7 Å². The fourth-order valence-electron chi connectivity index (χ4n) is 0.714. The van der Waals surface area contributed by atoms with Gasteiger partial charge in [0.1, 0.15) is 0 Å². The molecule has 0 aromatic heterocycles. The van der Waals surface area contributed by atoms with Gasteiger partial charge in [0, 0.05) is 34.6 Å². The van der Waals surface area contributed by atoms with E-state index in [1.165, 1.54) is 11.5 Å². The van der Waals surface area contributed by atoms with Gasteiger partial charge in [-0.25, -0.2) is 0 Å². The van der Waals surface area contributed by atoms with Crippen LogP contribution in [0.3, 0.4) is 0 Å². The van der Waals surface area contributed by atoms with Gasteiger partial charge < -0.3 is 5.32 Å². The molecule has 0 aromatic carbocycles. The minimum absolute atomic E-state index is 0.161. The van der Waals surface area contributed by atoms with E-state index in [2.05, 4.69) is 5.32 Å². The third-order valence-electron chi connectivity index (χ3n) is 1.33. The van der Waals surface area contributed by atoms with Gasteiger partial charge >= 0.3 is 0 Å². The summed E-state index contributed by atoms with van der Waals surface area (Å²) in [6.07, 6.45) is 3.13. The summed E-state index contributed by atoms with van der Waals surface area (Å²) < 4.78 is 11.1. The molecule has 13 heavy (non-hydrogen) atoms. The lowest BCUT2D eigenvalue weighted by molar-refractivity contribution is -0.116. The zero-order valence-corrected chi connectivity index (χ0v) is 9.02. The molecule has 1 N–H and O–H groups in total. The maximum absolute atomic E-state index is 11.1. The monoisotopic (exact) mass is 203 g/mol. The van der Waals surface area contributed by atoms with E-state index < -0.39 is 10.8 Å².